The van der Waals surface area contributed by atoms with Crippen molar-refractivity contribution >= 4 is 28.4 Å². The largest absolute Gasteiger partial charge is 0.484 e. The van der Waals surface area contributed by atoms with E-state index in [1.165, 1.54) is 23.8 Å². The van der Waals surface area contributed by atoms with Crippen LogP contribution in [-0.4, -0.2) is 22.4 Å². The van der Waals surface area contributed by atoms with E-state index in [4.69, 9.17) is 9.15 Å². The number of benzene rings is 3. The third-order valence-electron chi connectivity index (χ3n) is 5.10. The molecular weight excluding hydrogens is 422 g/mol. The zero-order valence-corrected chi connectivity index (χ0v) is 18.5. The van der Waals surface area contributed by atoms with Crippen molar-refractivity contribution in [2.24, 2.45) is 0 Å². The van der Waals surface area contributed by atoms with E-state index in [2.05, 4.69) is 31.1 Å². The van der Waals surface area contributed by atoms with E-state index >= 15 is 0 Å². The van der Waals surface area contributed by atoms with Gasteiger partial charge in [-0.3, -0.25) is 14.9 Å². The highest BCUT2D eigenvalue weighted by molar-refractivity contribution is 5.96. The second-order valence-corrected chi connectivity index (χ2v) is 8.58. The molecule has 168 valence electrons. The number of amides is 1. The molecule has 4 aromatic rings. The molecule has 1 N–H and O–H groups in total. The zero-order chi connectivity index (χ0) is 23.6. The first-order chi connectivity index (χ1) is 15.7. The summed E-state index contributed by atoms with van der Waals surface area (Å²) in [7, 11) is 0. The Morgan fingerprint density at radius 1 is 1.09 bits per heavy atom. The average Bonchev–Trinajstić information content (AvgIpc) is 3.21. The molecule has 0 atom stereocenters. The predicted octanol–water partition coefficient (Wildman–Crippen LogP) is 5.72. The van der Waals surface area contributed by atoms with E-state index in [-0.39, 0.29) is 29.5 Å². The molecule has 0 unspecified atom stereocenters. The molecule has 0 aliphatic carbocycles. The van der Waals surface area contributed by atoms with Crippen LogP contribution in [0.4, 0.5) is 11.4 Å². The van der Waals surface area contributed by atoms with Gasteiger partial charge in [-0.25, -0.2) is 4.98 Å². The molecule has 3 aromatic carbocycles. The van der Waals surface area contributed by atoms with E-state index in [9.17, 15) is 14.9 Å². The Kier molecular flexibility index (Phi) is 5.83. The lowest BCUT2D eigenvalue weighted by atomic mass is 9.87. The lowest BCUT2D eigenvalue weighted by Gasteiger charge is -2.19. The van der Waals surface area contributed by atoms with Crippen LogP contribution in [0.3, 0.4) is 0 Å². The third-order valence-corrected chi connectivity index (χ3v) is 5.10. The van der Waals surface area contributed by atoms with Crippen LogP contribution in [-0.2, 0) is 10.2 Å². The van der Waals surface area contributed by atoms with Crippen molar-refractivity contribution in [3.8, 4) is 17.2 Å². The van der Waals surface area contributed by atoms with Crippen molar-refractivity contribution in [2.75, 3.05) is 11.9 Å². The first-order valence-corrected chi connectivity index (χ1v) is 10.4. The number of nitro groups is 1. The summed E-state index contributed by atoms with van der Waals surface area (Å²) in [5.74, 6) is 0.515. The third kappa shape index (κ3) is 5.01. The lowest BCUT2D eigenvalue weighted by molar-refractivity contribution is -0.384. The van der Waals surface area contributed by atoms with Gasteiger partial charge in [-0.1, -0.05) is 45.0 Å². The number of nitro benzene ring substituents is 1. The zero-order valence-electron chi connectivity index (χ0n) is 18.5. The monoisotopic (exact) mass is 445 g/mol. The minimum absolute atomic E-state index is 0.0369. The van der Waals surface area contributed by atoms with Crippen LogP contribution in [0.15, 0.2) is 71.1 Å². The molecule has 0 saturated carbocycles. The number of ether oxygens (including phenoxy) is 1. The maximum absolute atomic E-state index is 12.5. The van der Waals surface area contributed by atoms with Crippen LogP contribution >= 0.6 is 0 Å². The smallest absolute Gasteiger partial charge is 0.273 e. The number of anilines is 1. The molecule has 8 nitrogen and oxygen atoms in total. The number of para-hydroxylation sites is 1. The second kappa shape index (κ2) is 8.74. The molecule has 0 aliphatic heterocycles. The molecule has 0 bridgehead atoms. The molecule has 0 fully saturated rings. The molecule has 8 heteroatoms. The van der Waals surface area contributed by atoms with Gasteiger partial charge >= 0.3 is 0 Å². The average molecular weight is 445 g/mol. The summed E-state index contributed by atoms with van der Waals surface area (Å²) in [6, 6.07) is 18.9. The minimum atomic E-state index is -0.494. The maximum Gasteiger partial charge on any atom is 0.273 e. The van der Waals surface area contributed by atoms with Crippen molar-refractivity contribution < 1.29 is 18.9 Å². The predicted molar refractivity (Wildman–Crippen MR) is 125 cm³/mol. The first kappa shape index (κ1) is 22.0. The normalized spacial score (nSPS) is 11.4. The molecule has 1 aromatic heterocycles. The number of carbonyl (C=O) groups is 1. The van der Waals surface area contributed by atoms with E-state index < -0.39 is 4.92 Å². The Hall–Kier alpha value is -4.20. The number of nitrogens with zero attached hydrogens (tertiary/aromatic N) is 2. The number of oxazole rings is 1. The fourth-order valence-electron chi connectivity index (χ4n) is 3.31. The van der Waals surface area contributed by atoms with Crippen LogP contribution in [0.25, 0.3) is 22.6 Å². The highest BCUT2D eigenvalue weighted by Gasteiger charge is 2.17. The van der Waals surface area contributed by atoms with Gasteiger partial charge in [0.25, 0.3) is 11.6 Å². The summed E-state index contributed by atoms with van der Waals surface area (Å²) < 4.78 is 11.4. The number of non-ortho nitro benzene ring substituents is 1. The Morgan fingerprint density at radius 3 is 2.52 bits per heavy atom. The van der Waals surface area contributed by atoms with Gasteiger partial charge in [-0.2, -0.15) is 0 Å². The van der Waals surface area contributed by atoms with Gasteiger partial charge in [0.05, 0.1) is 22.2 Å². The van der Waals surface area contributed by atoms with Gasteiger partial charge in [0.15, 0.2) is 12.2 Å². The molecule has 1 amide bonds. The Labute approximate surface area is 190 Å². The van der Waals surface area contributed by atoms with E-state index in [0.717, 1.165) is 0 Å². The van der Waals surface area contributed by atoms with Crippen molar-refractivity contribution in [2.45, 2.75) is 26.2 Å². The number of fused-ring (bicyclic) bond motifs is 1. The van der Waals surface area contributed by atoms with Crippen LogP contribution in [0.2, 0.25) is 0 Å². The first-order valence-electron chi connectivity index (χ1n) is 10.4. The SMILES string of the molecule is CC(C)(C)c1ccc(OCC(=O)Nc2ccccc2-c2nc3ccc([N+](=O)[O-])cc3o2)cc1. The van der Waals surface area contributed by atoms with E-state index in [1.54, 1.807) is 24.3 Å². The Balaban J connectivity index is 1.48. The van der Waals surface area contributed by atoms with Crippen molar-refractivity contribution in [3.63, 3.8) is 0 Å². The second-order valence-electron chi connectivity index (χ2n) is 8.58. The van der Waals surface area contributed by atoms with Crippen molar-refractivity contribution in [3.05, 3.63) is 82.4 Å². The van der Waals surface area contributed by atoms with E-state index in [1.807, 2.05) is 24.3 Å². The Bertz CT molecular complexity index is 1320. The van der Waals surface area contributed by atoms with Crippen LogP contribution in [0.1, 0.15) is 26.3 Å². The van der Waals surface area contributed by atoms with Crippen molar-refractivity contribution in [1.29, 1.82) is 0 Å². The van der Waals surface area contributed by atoms with Gasteiger partial charge < -0.3 is 14.5 Å². The van der Waals surface area contributed by atoms with E-state index in [0.29, 0.717) is 28.1 Å². The number of carbonyl (C=O) groups excluding carboxylic acids is 1. The van der Waals surface area contributed by atoms with Gasteiger partial charge in [0.1, 0.15) is 11.3 Å². The summed E-state index contributed by atoms with van der Waals surface area (Å²) in [6.45, 7) is 6.23. The molecule has 33 heavy (non-hydrogen) atoms. The quantitative estimate of drug-likeness (QED) is 0.300. The van der Waals surface area contributed by atoms with Crippen LogP contribution in [0.5, 0.6) is 5.75 Å². The van der Waals surface area contributed by atoms with Gasteiger partial charge in [0, 0.05) is 6.07 Å². The molecule has 1 heterocycles. The maximum atomic E-state index is 12.5. The fraction of sp³-hybridized carbons (Fsp3) is 0.200. The number of hydrogen-bond donors (Lipinski definition) is 1. The molecule has 0 aliphatic rings. The summed E-state index contributed by atoms with van der Waals surface area (Å²) in [5.41, 5.74) is 2.96. The highest BCUT2D eigenvalue weighted by Crippen LogP contribution is 2.31. The molecular formula is C25H23N3O5. The fourth-order valence-corrected chi connectivity index (χ4v) is 3.31. The topological polar surface area (TPSA) is 108 Å². The Morgan fingerprint density at radius 2 is 1.82 bits per heavy atom. The van der Waals surface area contributed by atoms with Gasteiger partial charge in [-0.15, -0.1) is 0 Å². The molecule has 0 spiro atoms. The number of hydrogen-bond acceptors (Lipinski definition) is 6. The van der Waals surface area contributed by atoms with Crippen LogP contribution < -0.4 is 10.1 Å². The molecule has 4 rings (SSSR count). The molecule has 0 saturated heterocycles. The van der Waals surface area contributed by atoms with Gasteiger partial charge in [0.2, 0.25) is 5.89 Å². The minimum Gasteiger partial charge on any atom is -0.484 e. The van der Waals surface area contributed by atoms with Crippen molar-refractivity contribution in [1.82, 2.24) is 4.98 Å². The number of aromatic nitrogens is 1. The summed E-state index contributed by atoms with van der Waals surface area (Å²) >= 11 is 0. The standard InChI is InChI=1S/C25H23N3O5/c1-25(2,3)16-8-11-18(12-9-16)32-15-23(29)26-20-7-5-4-6-19(20)24-27-21-13-10-17(28(30)31)14-22(21)33-24/h4-14H,15H2,1-3H3,(H,26,29). The highest BCUT2D eigenvalue weighted by atomic mass is 16.6. The number of nitrogens with one attached hydrogen (secondary N) is 1. The van der Waals surface area contributed by atoms with Gasteiger partial charge in [-0.05, 0) is 41.3 Å². The summed E-state index contributed by atoms with van der Waals surface area (Å²) in [4.78, 5) is 27.4. The lowest BCUT2D eigenvalue weighted by Crippen LogP contribution is -2.20. The number of rotatable bonds is 6. The summed E-state index contributed by atoms with van der Waals surface area (Å²) in [5, 5.41) is 13.8. The van der Waals surface area contributed by atoms with Crippen LogP contribution in [0, 0.1) is 10.1 Å². The molecule has 0 radical (unpaired) electrons. The summed E-state index contributed by atoms with van der Waals surface area (Å²) in [6.07, 6.45) is 0.